The number of carbonyl (C=O) groups is 1. The molecule has 7 nitrogen and oxygen atoms in total. The van der Waals surface area contributed by atoms with Gasteiger partial charge in [-0.25, -0.2) is 15.0 Å². The fourth-order valence-electron chi connectivity index (χ4n) is 6.05. The molecule has 0 saturated carbocycles. The highest BCUT2D eigenvalue weighted by atomic mass is 32.1. The van der Waals surface area contributed by atoms with Gasteiger partial charge in [-0.1, -0.05) is 97.1 Å². The Morgan fingerprint density at radius 2 is 1.40 bits per heavy atom. The van der Waals surface area contributed by atoms with Crippen LogP contribution in [0.2, 0.25) is 0 Å². The van der Waals surface area contributed by atoms with Crippen LogP contribution in [0, 0.1) is 0 Å². The smallest absolute Gasteiger partial charge is 0.267 e. The molecule has 8 aromatic rings. The van der Waals surface area contributed by atoms with Crippen LogP contribution >= 0.6 is 22.7 Å². The van der Waals surface area contributed by atoms with Crippen LogP contribution in [0.5, 0.6) is 0 Å². The van der Waals surface area contributed by atoms with Crippen molar-refractivity contribution in [1.29, 1.82) is 0 Å². The summed E-state index contributed by atoms with van der Waals surface area (Å²) in [6.45, 7) is 0. The first kappa shape index (κ1) is 28.7. The van der Waals surface area contributed by atoms with E-state index in [0.29, 0.717) is 10.0 Å². The maximum atomic E-state index is 12.9. The molecule has 0 saturated heterocycles. The Labute approximate surface area is 278 Å². The minimum atomic E-state index is -0.709. The Bertz CT molecular complexity index is 2200. The lowest BCUT2D eigenvalue weighted by Gasteiger charge is -2.36. The van der Waals surface area contributed by atoms with Gasteiger partial charge in [0.1, 0.15) is 11.9 Å². The van der Waals surface area contributed by atoms with Crippen molar-refractivity contribution in [1.82, 2.24) is 24.7 Å². The Kier molecular flexibility index (Phi) is 7.45. The summed E-state index contributed by atoms with van der Waals surface area (Å²) in [5, 5.41) is 11.2. The van der Waals surface area contributed by atoms with Crippen molar-refractivity contribution in [2.45, 2.75) is 5.54 Å². The van der Waals surface area contributed by atoms with Crippen LogP contribution in [-0.4, -0.2) is 30.6 Å². The Morgan fingerprint density at radius 1 is 0.723 bits per heavy atom. The van der Waals surface area contributed by atoms with Crippen LogP contribution in [0.1, 0.15) is 26.4 Å². The Balaban J connectivity index is 1.23. The quantitative estimate of drug-likeness (QED) is 0.167. The van der Waals surface area contributed by atoms with E-state index in [-0.39, 0.29) is 5.91 Å². The molecule has 0 bridgehead atoms. The first-order valence-electron chi connectivity index (χ1n) is 15.0. The van der Waals surface area contributed by atoms with E-state index in [0.717, 1.165) is 49.3 Å². The van der Waals surface area contributed by atoms with Crippen LogP contribution in [0.15, 0.2) is 152 Å². The number of thiazole rings is 1. The van der Waals surface area contributed by atoms with Crippen molar-refractivity contribution < 1.29 is 4.79 Å². The van der Waals surface area contributed by atoms with Crippen molar-refractivity contribution in [3.05, 3.63) is 173 Å². The van der Waals surface area contributed by atoms with Gasteiger partial charge in [-0.2, -0.15) is 5.10 Å². The number of hydrogen-bond acceptors (Lipinski definition) is 7. The van der Waals surface area contributed by atoms with E-state index in [4.69, 9.17) is 5.10 Å². The van der Waals surface area contributed by atoms with Gasteiger partial charge < -0.3 is 0 Å². The molecule has 9 heteroatoms. The molecule has 0 radical (unpaired) electrons. The Hall–Kier alpha value is -5.77. The van der Waals surface area contributed by atoms with Crippen molar-refractivity contribution in [3.8, 4) is 21.7 Å². The molecule has 0 fully saturated rings. The number of amides is 1. The lowest BCUT2D eigenvalue weighted by Crippen LogP contribution is -2.38. The van der Waals surface area contributed by atoms with E-state index in [1.165, 1.54) is 22.7 Å². The number of thiophene rings is 1. The third-order valence-electron chi connectivity index (χ3n) is 8.19. The number of nitrogens with zero attached hydrogens (tertiary/aromatic N) is 5. The summed E-state index contributed by atoms with van der Waals surface area (Å²) in [4.78, 5) is 27.7. The fraction of sp³-hybridized carbons (Fsp3) is 0.0263. The van der Waals surface area contributed by atoms with Gasteiger partial charge in [0.25, 0.3) is 5.91 Å². The van der Waals surface area contributed by atoms with Crippen LogP contribution < -0.4 is 5.32 Å². The topological polar surface area (TPSA) is 85.6 Å². The van der Waals surface area contributed by atoms with Crippen LogP contribution in [-0.2, 0) is 5.54 Å². The molecule has 0 aliphatic rings. The highest BCUT2D eigenvalue weighted by molar-refractivity contribution is 7.17. The summed E-state index contributed by atoms with van der Waals surface area (Å²) >= 11 is 2.77. The molecule has 1 amide bonds. The van der Waals surface area contributed by atoms with Crippen molar-refractivity contribution in [3.63, 3.8) is 0 Å². The van der Waals surface area contributed by atoms with Crippen molar-refractivity contribution >= 4 is 44.6 Å². The average Bonchev–Trinajstić information content (AvgIpc) is 3.93. The van der Waals surface area contributed by atoms with Gasteiger partial charge in [-0.15, -0.1) is 22.7 Å². The second-order valence-electron chi connectivity index (χ2n) is 10.9. The number of carbonyl (C=O) groups excluding carboxylic acids is 1. The van der Waals surface area contributed by atoms with E-state index in [1.54, 1.807) is 12.5 Å². The van der Waals surface area contributed by atoms with Crippen molar-refractivity contribution in [2.75, 3.05) is 5.32 Å². The van der Waals surface area contributed by atoms with E-state index in [1.807, 2.05) is 48.0 Å². The van der Waals surface area contributed by atoms with Gasteiger partial charge in [0.2, 0.25) is 0 Å². The first-order valence-corrected chi connectivity index (χ1v) is 16.7. The zero-order valence-corrected chi connectivity index (χ0v) is 26.5. The van der Waals surface area contributed by atoms with Gasteiger partial charge in [0.05, 0.1) is 27.2 Å². The third kappa shape index (κ3) is 5.21. The van der Waals surface area contributed by atoms with Crippen LogP contribution in [0.3, 0.4) is 0 Å². The number of rotatable bonds is 8. The molecule has 0 atom stereocenters. The number of benzene rings is 4. The molecule has 4 heterocycles. The standard InChI is InChI=1S/C38H26N6OS2/c45-36(43-37-39-20-21-46-37)34-19-18-33(47-34)35-31-22-26(16-17-32(31)40-25-41-35)27-23-42-44(24-27)38(28-10-4-1-5-11-28,29-12-6-2-7-13-29)30-14-8-3-9-15-30/h1-25H,(H,39,43,45). The molecule has 4 aromatic carbocycles. The maximum absolute atomic E-state index is 12.9. The van der Waals surface area contributed by atoms with Crippen LogP contribution in [0.25, 0.3) is 32.6 Å². The Morgan fingerprint density at radius 3 is 2.04 bits per heavy atom. The first-order chi connectivity index (χ1) is 23.2. The minimum Gasteiger partial charge on any atom is -0.297 e. The van der Waals surface area contributed by atoms with Gasteiger partial charge in [0, 0.05) is 28.7 Å². The SMILES string of the molecule is O=C(Nc1nccs1)c1ccc(-c2ncnc3ccc(-c4cnn(C(c5ccccc5)(c5ccccc5)c5ccccc5)c4)cc23)s1. The molecule has 1 N–H and O–H groups in total. The van der Waals surface area contributed by atoms with Gasteiger partial charge in [0.15, 0.2) is 5.13 Å². The predicted octanol–water partition coefficient (Wildman–Crippen LogP) is 8.77. The summed E-state index contributed by atoms with van der Waals surface area (Å²) in [5.74, 6) is -0.193. The second kappa shape index (κ2) is 12.2. The summed E-state index contributed by atoms with van der Waals surface area (Å²) < 4.78 is 2.07. The van der Waals surface area contributed by atoms with E-state index in [2.05, 4.69) is 116 Å². The third-order valence-corrected chi connectivity index (χ3v) is 9.96. The van der Waals surface area contributed by atoms with Gasteiger partial charge in [-0.05, 0) is 46.5 Å². The molecule has 0 spiro atoms. The molecular weight excluding hydrogens is 621 g/mol. The molecule has 226 valence electrons. The fourth-order valence-corrected chi connectivity index (χ4v) is 7.49. The molecule has 0 unspecified atom stereocenters. The summed E-state index contributed by atoms with van der Waals surface area (Å²) in [7, 11) is 0. The monoisotopic (exact) mass is 646 g/mol. The van der Waals surface area contributed by atoms with Crippen molar-refractivity contribution in [2.24, 2.45) is 0 Å². The summed E-state index contributed by atoms with van der Waals surface area (Å²) in [5.41, 5.74) is 6.15. The largest absolute Gasteiger partial charge is 0.297 e. The van der Waals surface area contributed by atoms with Gasteiger partial charge in [-0.3, -0.25) is 14.8 Å². The zero-order valence-electron chi connectivity index (χ0n) is 24.9. The summed E-state index contributed by atoms with van der Waals surface area (Å²) in [6, 6.07) is 41.5. The molecular formula is C38H26N6OS2. The van der Waals surface area contributed by atoms with E-state index in [9.17, 15) is 4.79 Å². The summed E-state index contributed by atoms with van der Waals surface area (Å²) in [6.07, 6.45) is 7.27. The normalized spacial score (nSPS) is 11.5. The molecule has 4 aromatic heterocycles. The lowest BCUT2D eigenvalue weighted by atomic mass is 9.77. The average molecular weight is 647 g/mol. The number of fused-ring (bicyclic) bond motifs is 1. The molecule has 47 heavy (non-hydrogen) atoms. The molecule has 0 aliphatic carbocycles. The highest BCUT2D eigenvalue weighted by Gasteiger charge is 2.39. The maximum Gasteiger partial charge on any atom is 0.267 e. The zero-order chi connectivity index (χ0) is 31.6. The predicted molar refractivity (Wildman–Crippen MR) is 189 cm³/mol. The lowest BCUT2D eigenvalue weighted by molar-refractivity contribution is 0.103. The highest BCUT2D eigenvalue weighted by Crippen LogP contribution is 2.41. The van der Waals surface area contributed by atoms with E-state index < -0.39 is 5.54 Å². The molecule has 8 rings (SSSR count). The number of anilines is 1. The number of hydrogen-bond donors (Lipinski definition) is 1. The molecule has 0 aliphatic heterocycles. The minimum absolute atomic E-state index is 0.193. The second-order valence-corrected chi connectivity index (χ2v) is 12.9. The van der Waals surface area contributed by atoms with Gasteiger partial charge >= 0.3 is 0 Å². The number of nitrogens with one attached hydrogen (secondary N) is 1. The van der Waals surface area contributed by atoms with E-state index >= 15 is 0 Å². The number of aromatic nitrogens is 5. The van der Waals surface area contributed by atoms with Crippen LogP contribution in [0.4, 0.5) is 5.13 Å².